The van der Waals surface area contributed by atoms with Crippen molar-refractivity contribution in [1.29, 1.82) is 0 Å². The third kappa shape index (κ3) is 4.07. The van der Waals surface area contributed by atoms with E-state index in [1.165, 1.54) is 9.21 Å². The van der Waals surface area contributed by atoms with Crippen molar-refractivity contribution in [3.8, 4) is 0 Å². The van der Waals surface area contributed by atoms with E-state index in [1.54, 1.807) is 20.8 Å². The summed E-state index contributed by atoms with van der Waals surface area (Å²) in [7, 11) is 0. The van der Waals surface area contributed by atoms with E-state index in [-0.39, 0.29) is 6.09 Å². The van der Waals surface area contributed by atoms with Gasteiger partial charge in [-0.05, 0) is 20.8 Å². The molecule has 0 N–H and O–H groups in total. The fourth-order valence-corrected chi connectivity index (χ4v) is 1.81. The van der Waals surface area contributed by atoms with Crippen molar-refractivity contribution in [1.82, 2.24) is 9.21 Å². The van der Waals surface area contributed by atoms with Crippen molar-refractivity contribution in [2.24, 2.45) is 0 Å². The Morgan fingerprint density at radius 1 is 1.25 bits per heavy atom. The summed E-state index contributed by atoms with van der Waals surface area (Å²) in [4.78, 5) is 13.1. The monoisotopic (exact) mass is 249 g/mol. The minimum absolute atomic E-state index is 0.329. The lowest BCUT2D eigenvalue weighted by atomic mass is 10.2. The molecule has 1 amide bonds. The van der Waals surface area contributed by atoms with Crippen molar-refractivity contribution in [2.45, 2.75) is 26.4 Å². The molecule has 1 unspecified atom stereocenters. The smallest absolute Gasteiger partial charge is 0.410 e. The van der Waals surface area contributed by atoms with E-state index in [9.17, 15) is 13.6 Å². The molecule has 0 aromatic carbocycles. The Morgan fingerprint density at radius 3 is 2.12 bits per heavy atom. The third-order valence-corrected chi connectivity index (χ3v) is 2.89. The summed E-state index contributed by atoms with van der Waals surface area (Å²) in [5.74, 6) is 0. The molecule has 1 atom stereocenters. The number of nitrogens with zero attached hydrogens (tertiary/aromatic N) is 2. The molecule has 0 aromatic rings. The summed E-state index contributed by atoms with van der Waals surface area (Å²) in [6.07, 6.45) is -0.385. The topological polar surface area (TPSA) is 72.9 Å². The highest BCUT2D eigenvalue weighted by molar-refractivity contribution is 7.76. The molecule has 7 heteroatoms. The molecule has 6 nitrogen and oxygen atoms in total. The lowest BCUT2D eigenvalue weighted by Crippen LogP contribution is -2.50. The van der Waals surface area contributed by atoms with Gasteiger partial charge in [-0.1, -0.05) is 0 Å². The first kappa shape index (κ1) is 13.4. The molecule has 94 valence electrons. The molecule has 0 saturated carbocycles. The first-order valence-electron chi connectivity index (χ1n) is 5.12. The standard InChI is InChI=1S/C9H18N2O4S/c1-9(2,3)15-8(12)10-4-6-11(7-5-10)16(13)14/h4-7H2,1-3H3,(H,13,14)/p-1. The van der Waals surface area contributed by atoms with Crippen LogP contribution in [0.15, 0.2) is 0 Å². The van der Waals surface area contributed by atoms with E-state index in [1.807, 2.05) is 0 Å². The van der Waals surface area contributed by atoms with Gasteiger partial charge in [0.1, 0.15) is 5.60 Å². The zero-order valence-electron chi connectivity index (χ0n) is 9.76. The van der Waals surface area contributed by atoms with Crippen LogP contribution in [-0.4, -0.2) is 55.8 Å². The number of hydrogen-bond donors (Lipinski definition) is 0. The van der Waals surface area contributed by atoms with E-state index in [0.29, 0.717) is 26.2 Å². The summed E-state index contributed by atoms with van der Waals surface area (Å²) in [5, 5.41) is 0. The predicted octanol–water partition coefficient (Wildman–Crippen LogP) is 0.333. The van der Waals surface area contributed by atoms with Crippen LogP contribution in [0, 0.1) is 0 Å². The molecule has 0 radical (unpaired) electrons. The van der Waals surface area contributed by atoms with E-state index < -0.39 is 16.9 Å². The maximum Gasteiger partial charge on any atom is 0.410 e. The molecule has 1 saturated heterocycles. The number of piperazine rings is 1. The molecule has 1 aliphatic heterocycles. The molecule has 1 aliphatic rings. The van der Waals surface area contributed by atoms with Gasteiger partial charge in [0.05, 0.1) is 0 Å². The second-order valence-electron chi connectivity index (χ2n) is 4.61. The number of amides is 1. The fraction of sp³-hybridized carbons (Fsp3) is 0.889. The Labute approximate surface area is 98.0 Å². The molecule has 0 spiro atoms. The van der Waals surface area contributed by atoms with E-state index >= 15 is 0 Å². The van der Waals surface area contributed by atoms with Gasteiger partial charge in [0.15, 0.2) is 0 Å². The van der Waals surface area contributed by atoms with Gasteiger partial charge in [-0.3, -0.25) is 4.21 Å². The van der Waals surface area contributed by atoms with Crippen molar-refractivity contribution in [3.05, 3.63) is 0 Å². The third-order valence-electron chi connectivity index (χ3n) is 2.10. The van der Waals surface area contributed by atoms with Gasteiger partial charge in [-0.15, -0.1) is 0 Å². The van der Waals surface area contributed by atoms with Crippen molar-refractivity contribution in [2.75, 3.05) is 26.2 Å². The van der Waals surface area contributed by atoms with Gasteiger partial charge >= 0.3 is 6.09 Å². The largest absolute Gasteiger partial charge is 0.760 e. The molecule has 1 fully saturated rings. The molecule has 1 heterocycles. The Hall–Kier alpha value is -0.660. The van der Waals surface area contributed by atoms with Gasteiger partial charge in [0.25, 0.3) is 0 Å². The highest BCUT2D eigenvalue weighted by atomic mass is 32.2. The summed E-state index contributed by atoms with van der Waals surface area (Å²) < 4.78 is 27.8. The normalized spacial score (nSPS) is 20.6. The Balaban J connectivity index is 2.42. The zero-order valence-corrected chi connectivity index (χ0v) is 10.6. The minimum Gasteiger partial charge on any atom is -0.760 e. The number of carbonyl (C=O) groups is 1. The van der Waals surface area contributed by atoms with E-state index in [4.69, 9.17) is 4.74 Å². The van der Waals surface area contributed by atoms with Gasteiger partial charge in [0, 0.05) is 37.4 Å². The van der Waals surface area contributed by atoms with E-state index in [2.05, 4.69) is 0 Å². The number of hydrogen-bond acceptors (Lipinski definition) is 4. The van der Waals surface area contributed by atoms with Crippen LogP contribution in [0.3, 0.4) is 0 Å². The quantitative estimate of drug-likeness (QED) is 0.628. The maximum atomic E-state index is 11.6. The number of ether oxygens (including phenoxy) is 1. The minimum atomic E-state index is -2.19. The Kier molecular flexibility index (Phi) is 4.28. The van der Waals surface area contributed by atoms with Crippen molar-refractivity contribution < 1.29 is 18.3 Å². The average Bonchev–Trinajstić information content (AvgIpc) is 2.15. The summed E-state index contributed by atoms with van der Waals surface area (Å²) >= 11 is -2.19. The zero-order chi connectivity index (χ0) is 12.3. The molecule has 0 aromatic heterocycles. The maximum absolute atomic E-state index is 11.6. The first-order valence-corrected chi connectivity index (χ1v) is 6.15. The lowest BCUT2D eigenvalue weighted by Gasteiger charge is -2.35. The summed E-state index contributed by atoms with van der Waals surface area (Å²) in [6.45, 7) is 6.81. The van der Waals surface area contributed by atoms with Gasteiger partial charge in [0.2, 0.25) is 0 Å². The van der Waals surface area contributed by atoms with Crippen molar-refractivity contribution >= 4 is 17.4 Å². The first-order chi connectivity index (χ1) is 7.29. The van der Waals surface area contributed by atoms with Crippen LogP contribution >= 0.6 is 0 Å². The summed E-state index contributed by atoms with van der Waals surface area (Å²) in [5.41, 5.74) is -0.518. The van der Waals surface area contributed by atoms with Crippen LogP contribution < -0.4 is 0 Å². The Bertz CT molecular complexity index is 282. The average molecular weight is 249 g/mol. The van der Waals surface area contributed by atoms with Crippen LogP contribution in [0.2, 0.25) is 0 Å². The van der Waals surface area contributed by atoms with Crippen LogP contribution in [-0.2, 0) is 16.0 Å². The van der Waals surface area contributed by atoms with Crippen LogP contribution in [0.5, 0.6) is 0 Å². The Morgan fingerprint density at radius 2 is 1.75 bits per heavy atom. The predicted molar refractivity (Wildman–Crippen MR) is 58.3 cm³/mol. The second-order valence-corrected chi connectivity index (χ2v) is 5.56. The SMILES string of the molecule is CC(C)(C)OC(=O)N1CCN(S(=O)[O-])CC1. The van der Waals surface area contributed by atoms with Crippen LogP contribution in [0.25, 0.3) is 0 Å². The molecular weight excluding hydrogens is 232 g/mol. The second kappa shape index (κ2) is 5.11. The van der Waals surface area contributed by atoms with Crippen molar-refractivity contribution in [3.63, 3.8) is 0 Å². The summed E-state index contributed by atoms with van der Waals surface area (Å²) in [6, 6.07) is 0. The number of carbonyl (C=O) groups excluding carboxylic acids is 1. The highest BCUT2D eigenvalue weighted by Gasteiger charge is 2.25. The van der Waals surface area contributed by atoms with Gasteiger partial charge in [-0.2, -0.15) is 0 Å². The number of rotatable bonds is 1. The molecular formula is C9H17N2O4S-. The van der Waals surface area contributed by atoms with Crippen LogP contribution in [0.1, 0.15) is 20.8 Å². The molecule has 1 rings (SSSR count). The fourth-order valence-electron chi connectivity index (χ4n) is 1.35. The van der Waals surface area contributed by atoms with Crippen LogP contribution in [0.4, 0.5) is 4.79 Å². The molecule has 16 heavy (non-hydrogen) atoms. The van der Waals surface area contributed by atoms with Gasteiger partial charge in [-0.25, -0.2) is 9.10 Å². The van der Waals surface area contributed by atoms with E-state index in [0.717, 1.165) is 0 Å². The highest BCUT2D eigenvalue weighted by Crippen LogP contribution is 2.12. The lowest BCUT2D eigenvalue weighted by molar-refractivity contribution is 0.0191. The van der Waals surface area contributed by atoms with Gasteiger partial charge < -0.3 is 14.2 Å². The molecule has 0 bridgehead atoms. The molecule has 0 aliphatic carbocycles.